The van der Waals surface area contributed by atoms with E-state index in [4.69, 9.17) is 5.73 Å². The van der Waals surface area contributed by atoms with Crippen molar-refractivity contribution in [3.63, 3.8) is 0 Å². The molecule has 4 N–H and O–H groups in total. The molecule has 0 atom stereocenters. The predicted molar refractivity (Wildman–Crippen MR) is 76.6 cm³/mol. The van der Waals surface area contributed by atoms with Gasteiger partial charge in [0.15, 0.2) is 0 Å². The number of nitrogens with two attached hydrogens (primary N) is 1. The molecule has 0 saturated carbocycles. The highest BCUT2D eigenvalue weighted by molar-refractivity contribution is 5.96. The molecule has 0 aromatic heterocycles. The van der Waals surface area contributed by atoms with Crippen LogP contribution in [0, 0.1) is 5.41 Å². The van der Waals surface area contributed by atoms with Crippen molar-refractivity contribution in [2.24, 2.45) is 5.41 Å². The lowest BCUT2D eigenvalue weighted by Gasteiger charge is -2.17. The lowest BCUT2D eigenvalue weighted by molar-refractivity contribution is -0.125. The van der Waals surface area contributed by atoms with E-state index in [-0.39, 0.29) is 23.8 Å². The first kappa shape index (κ1) is 15.0. The normalized spacial score (nSPS) is 10.9. The number of benzene rings is 1. The number of para-hydroxylation sites is 2. The summed E-state index contributed by atoms with van der Waals surface area (Å²) in [4.78, 5) is 23.2. The van der Waals surface area contributed by atoms with Gasteiger partial charge in [-0.15, -0.1) is 0 Å². The van der Waals surface area contributed by atoms with Crippen molar-refractivity contribution in [3.05, 3.63) is 24.3 Å². The number of anilines is 2. The third-order valence-corrected chi connectivity index (χ3v) is 2.37. The van der Waals surface area contributed by atoms with Gasteiger partial charge in [-0.05, 0) is 17.5 Å². The van der Waals surface area contributed by atoms with Crippen LogP contribution in [-0.4, -0.2) is 18.4 Å². The monoisotopic (exact) mass is 263 g/mol. The van der Waals surface area contributed by atoms with Crippen molar-refractivity contribution in [1.29, 1.82) is 0 Å². The van der Waals surface area contributed by atoms with Gasteiger partial charge in [0.2, 0.25) is 11.8 Å². The minimum atomic E-state index is -0.292. The van der Waals surface area contributed by atoms with Gasteiger partial charge in [-0.1, -0.05) is 32.9 Å². The molecular weight excluding hydrogens is 242 g/mol. The maximum Gasteiger partial charge on any atom is 0.243 e. The van der Waals surface area contributed by atoms with Gasteiger partial charge in [0.1, 0.15) is 0 Å². The highest BCUT2D eigenvalue weighted by atomic mass is 16.2. The summed E-state index contributed by atoms with van der Waals surface area (Å²) in [7, 11) is 0. The third-order valence-electron chi connectivity index (χ3n) is 2.37. The summed E-state index contributed by atoms with van der Waals surface area (Å²) in [5.41, 5.74) is 6.66. The van der Waals surface area contributed by atoms with Crippen molar-refractivity contribution in [1.82, 2.24) is 5.32 Å². The van der Waals surface area contributed by atoms with Gasteiger partial charge < -0.3 is 16.4 Å². The van der Waals surface area contributed by atoms with Crippen LogP contribution in [0.15, 0.2) is 24.3 Å². The van der Waals surface area contributed by atoms with Crippen LogP contribution in [0.4, 0.5) is 11.4 Å². The van der Waals surface area contributed by atoms with Gasteiger partial charge in [0.25, 0.3) is 0 Å². The minimum absolute atomic E-state index is 0.0523. The first-order chi connectivity index (χ1) is 8.78. The van der Waals surface area contributed by atoms with Gasteiger partial charge in [-0.3, -0.25) is 9.59 Å². The van der Waals surface area contributed by atoms with Crippen LogP contribution >= 0.6 is 0 Å². The Hall–Kier alpha value is -2.04. The number of nitrogen functional groups attached to an aromatic ring is 1. The Morgan fingerprint density at radius 2 is 1.79 bits per heavy atom. The van der Waals surface area contributed by atoms with Crippen LogP contribution in [0.3, 0.4) is 0 Å². The Labute approximate surface area is 113 Å². The molecule has 0 spiro atoms. The zero-order valence-corrected chi connectivity index (χ0v) is 11.6. The molecule has 0 heterocycles. The van der Waals surface area contributed by atoms with Crippen LogP contribution in [-0.2, 0) is 9.59 Å². The molecule has 0 bridgehead atoms. The van der Waals surface area contributed by atoms with Crippen molar-refractivity contribution >= 4 is 23.2 Å². The summed E-state index contributed by atoms with van der Waals surface area (Å²) in [5.74, 6) is -0.427. The van der Waals surface area contributed by atoms with E-state index < -0.39 is 0 Å². The quantitative estimate of drug-likeness (QED) is 0.724. The molecule has 5 nitrogen and oxygen atoms in total. The Morgan fingerprint density at radius 1 is 1.16 bits per heavy atom. The molecule has 1 rings (SSSR count). The smallest absolute Gasteiger partial charge is 0.243 e. The lowest BCUT2D eigenvalue weighted by atomic mass is 9.92. The second-order valence-electron chi connectivity index (χ2n) is 5.65. The molecule has 0 aliphatic heterocycles. The number of rotatable bonds is 4. The van der Waals surface area contributed by atoms with Gasteiger partial charge in [0.05, 0.1) is 17.9 Å². The molecule has 0 unspecified atom stereocenters. The Bertz CT molecular complexity index is 464. The molecule has 2 amide bonds. The average Bonchev–Trinajstić information content (AvgIpc) is 2.27. The lowest BCUT2D eigenvalue weighted by Crippen LogP contribution is -2.34. The molecule has 0 aliphatic rings. The molecule has 1 aromatic rings. The summed E-state index contributed by atoms with van der Waals surface area (Å²) in [6.45, 7) is 5.86. The summed E-state index contributed by atoms with van der Waals surface area (Å²) in [6.07, 6.45) is 0.383. The molecule has 5 heteroatoms. The van der Waals surface area contributed by atoms with E-state index in [1.807, 2.05) is 20.8 Å². The van der Waals surface area contributed by atoms with Crippen molar-refractivity contribution < 1.29 is 9.59 Å². The third kappa shape index (κ3) is 5.90. The maximum atomic E-state index is 11.7. The minimum Gasteiger partial charge on any atom is -0.397 e. The van der Waals surface area contributed by atoms with E-state index in [0.29, 0.717) is 17.8 Å². The number of nitrogens with one attached hydrogen (secondary N) is 2. The first-order valence-electron chi connectivity index (χ1n) is 6.19. The van der Waals surface area contributed by atoms with E-state index in [1.165, 1.54) is 0 Å². The largest absolute Gasteiger partial charge is 0.397 e. The standard InChI is InChI=1S/C14H21N3O2/c1-14(2,3)8-12(18)16-9-13(19)17-11-7-5-4-6-10(11)15/h4-7H,8-9,15H2,1-3H3,(H,16,18)(H,17,19). The van der Waals surface area contributed by atoms with Crippen LogP contribution < -0.4 is 16.4 Å². The fourth-order valence-electron chi connectivity index (χ4n) is 1.53. The predicted octanol–water partition coefficient (Wildman–Crippen LogP) is 1.76. The summed E-state index contributed by atoms with van der Waals surface area (Å²) in [5, 5.41) is 5.24. The highest BCUT2D eigenvalue weighted by Gasteiger charge is 2.16. The van der Waals surface area contributed by atoms with E-state index in [9.17, 15) is 9.59 Å². The van der Waals surface area contributed by atoms with Crippen LogP contribution in [0.2, 0.25) is 0 Å². The van der Waals surface area contributed by atoms with Crippen molar-refractivity contribution in [3.8, 4) is 0 Å². The van der Waals surface area contributed by atoms with Crippen molar-refractivity contribution in [2.45, 2.75) is 27.2 Å². The average molecular weight is 263 g/mol. The van der Waals surface area contributed by atoms with Gasteiger partial charge >= 0.3 is 0 Å². The van der Waals surface area contributed by atoms with E-state index in [1.54, 1.807) is 24.3 Å². The Balaban J connectivity index is 2.41. The molecule has 0 aliphatic carbocycles. The fraction of sp³-hybridized carbons (Fsp3) is 0.429. The summed E-state index contributed by atoms with van der Waals surface area (Å²) in [6, 6.07) is 6.98. The zero-order valence-electron chi connectivity index (χ0n) is 11.6. The number of carbonyl (C=O) groups excluding carboxylic acids is 2. The number of amides is 2. The molecular formula is C14H21N3O2. The van der Waals surface area contributed by atoms with E-state index in [0.717, 1.165) is 0 Å². The molecule has 0 fully saturated rings. The first-order valence-corrected chi connectivity index (χ1v) is 6.19. The molecule has 0 radical (unpaired) electrons. The number of hydrogen-bond donors (Lipinski definition) is 3. The highest BCUT2D eigenvalue weighted by Crippen LogP contribution is 2.18. The van der Waals surface area contributed by atoms with E-state index in [2.05, 4.69) is 10.6 Å². The Morgan fingerprint density at radius 3 is 2.37 bits per heavy atom. The zero-order chi connectivity index (χ0) is 14.5. The van der Waals surface area contributed by atoms with Crippen LogP contribution in [0.5, 0.6) is 0 Å². The molecule has 1 aromatic carbocycles. The van der Waals surface area contributed by atoms with Gasteiger partial charge in [-0.2, -0.15) is 0 Å². The van der Waals surface area contributed by atoms with Crippen LogP contribution in [0.25, 0.3) is 0 Å². The van der Waals surface area contributed by atoms with Crippen molar-refractivity contribution in [2.75, 3.05) is 17.6 Å². The van der Waals surface area contributed by atoms with E-state index >= 15 is 0 Å². The van der Waals surface area contributed by atoms with Gasteiger partial charge in [-0.25, -0.2) is 0 Å². The number of carbonyl (C=O) groups is 2. The second-order valence-corrected chi connectivity index (χ2v) is 5.65. The number of hydrogen-bond acceptors (Lipinski definition) is 3. The summed E-state index contributed by atoms with van der Waals surface area (Å²) < 4.78 is 0. The molecule has 0 saturated heterocycles. The van der Waals surface area contributed by atoms with Crippen LogP contribution in [0.1, 0.15) is 27.2 Å². The van der Waals surface area contributed by atoms with Gasteiger partial charge in [0, 0.05) is 6.42 Å². The fourth-order valence-corrected chi connectivity index (χ4v) is 1.53. The Kier molecular flexibility index (Phi) is 4.92. The molecule has 104 valence electrons. The summed E-state index contributed by atoms with van der Waals surface area (Å²) >= 11 is 0. The molecule has 19 heavy (non-hydrogen) atoms. The maximum absolute atomic E-state index is 11.7. The second kappa shape index (κ2) is 6.22. The SMILES string of the molecule is CC(C)(C)CC(=O)NCC(=O)Nc1ccccc1N. The topological polar surface area (TPSA) is 84.2 Å².